The Morgan fingerprint density at radius 3 is 2.63 bits per heavy atom. The highest BCUT2D eigenvalue weighted by molar-refractivity contribution is 5.67. The van der Waals surface area contributed by atoms with E-state index in [0.717, 1.165) is 12.0 Å². The number of ether oxygens (including phenoxy) is 3. The van der Waals surface area contributed by atoms with Crippen LogP contribution in [0.25, 0.3) is 0 Å². The molecule has 19 heavy (non-hydrogen) atoms. The van der Waals surface area contributed by atoms with Crippen molar-refractivity contribution in [2.45, 2.75) is 52.2 Å². The third kappa shape index (κ3) is 3.40. The first-order valence-corrected chi connectivity index (χ1v) is 6.38. The van der Waals surface area contributed by atoms with Gasteiger partial charge in [0.2, 0.25) is 0 Å². The lowest BCUT2D eigenvalue weighted by Gasteiger charge is -2.20. The summed E-state index contributed by atoms with van der Waals surface area (Å²) in [7, 11) is 0. The first-order valence-electron chi connectivity index (χ1n) is 6.38. The van der Waals surface area contributed by atoms with Gasteiger partial charge in [0.1, 0.15) is 11.2 Å². The van der Waals surface area contributed by atoms with Crippen LogP contribution in [0.3, 0.4) is 0 Å². The predicted molar refractivity (Wildman–Crippen MR) is 71.7 cm³/mol. The van der Waals surface area contributed by atoms with Gasteiger partial charge >= 0.3 is 6.16 Å². The van der Waals surface area contributed by atoms with Gasteiger partial charge in [0.15, 0.2) is 11.5 Å². The minimum atomic E-state index is -0.714. The lowest BCUT2D eigenvalue weighted by Crippen LogP contribution is -2.26. The minimum absolute atomic E-state index is 0.268. The van der Waals surface area contributed by atoms with E-state index in [1.807, 2.05) is 26.0 Å². The molecule has 0 N–H and O–H groups in total. The maximum atomic E-state index is 11.7. The van der Waals surface area contributed by atoms with Crippen LogP contribution < -0.4 is 9.47 Å². The van der Waals surface area contributed by atoms with E-state index < -0.39 is 11.8 Å². The number of para-hydroxylation sites is 1. The second-order valence-corrected chi connectivity index (χ2v) is 6.35. The van der Waals surface area contributed by atoms with Gasteiger partial charge in [-0.15, -0.1) is 0 Å². The summed E-state index contributed by atoms with van der Waals surface area (Å²) in [5, 5.41) is 0. The van der Waals surface area contributed by atoms with Crippen LogP contribution in [0.2, 0.25) is 0 Å². The Morgan fingerprint density at radius 2 is 2.00 bits per heavy atom. The van der Waals surface area contributed by atoms with E-state index in [1.54, 1.807) is 26.8 Å². The van der Waals surface area contributed by atoms with Gasteiger partial charge in [-0.2, -0.15) is 0 Å². The summed E-state index contributed by atoms with van der Waals surface area (Å²) >= 11 is 0. The van der Waals surface area contributed by atoms with E-state index >= 15 is 0 Å². The Bertz CT molecular complexity index is 497. The topological polar surface area (TPSA) is 44.8 Å². The molecule has 104 valence electrons. The highest BCUT2D eigenvalue weighted by Gasteiger charge is 2.33. The third-order valence-electron chi connectivity index (χ3n) is 2.64. The SMILES string of the molecule is CC(C)(C)OC(=O)Oc1cccc2c1OC(C)(C)C2. The van der Waals surface area contributed by atoms with Crippen LogP contribution in [0.15, 0.2) is 18.2 Å². The molecule has 4 heteroatoms. The molecular formula is C15H20O4. The van der Waals surface area contributed by atoms with Gasteiger partial charge in [0.05, 0.1) is 0 Å². The molecule has 0 aromatic heterocycles. The number of benzene rings is 1. The van der Waals surface area contributed by atoms with Gasteiger partial charge in [-0.25, -0.2) is 4.79 Å². The van der Waals surface area contributed by atoms with Crippen molar-refractivity contribution in [1.82, 2.24) is 0 Å². The van der Waals surface area contributed by atoms with Crippen molar-refractivity contribution < 1.29 is 19.0 Å². The van der Waals surface area contributed by atoms with E-state index in [0.29, 0.717) is 11.5 Å². The molecule has 0 unspecified atom stereocenters. The zero-order chi connectivity index (χ0) is 14.3. The van der Waals surface area contributed by atoms with Gasteiger partial charge < -0.3 is 14.2 Å². The summed E-state index contributed by atoms with van der Waals surface area (Å²) < 4.78 is 16.2. The van der Waals surface area contributed by atoms with Crippen LogP contribution in [0.1, 0.15) is 40.2 Å². The standard InChI is InChI=1S/C15H20O4/c1-14(2,3)19-13(16)17-11-8-6-7-10-9-15(4,5)18-12(10)11/h6-8H,9H2,1-5H3. The van der Waals surface area contributed by atoms with Gasteiger partial charge in [-0.3, -0.25) is 0 Å². The molecule has 0 saturated carbocycles. The summed E-state index contributed by atoms with van der Waals surface area (Å²) in [5.74, 6) is 1.05. The van der Waals surface area contributed by atoms with Gasteiger partial charge in [0.25, 0.3) is 0 Å². The molecule has 0 aliphatic carbocycles. The lowest BCUT2D eigenvalue weighted by molar-refractivity contribution is 0.0193. The molecule has 1 aromatic carbocycles. The maximum absolute atomic E-state index is 11.7. The first kappa shape index (κ1) is 13.7. The summed E-state index contributed by atoms with van der Waals surface area (Å²) in [6.07, 6.45) is 0.0858. The van der Waals surface area contributed by atoms with Crippen molar-refractivity contribution >= 4 is 6.16 Å². The van der Waals surface area contributed by atoms with Crippen LogP contribution in [0.5, 0.6) is 11.5 Å². The summed E-state index contributed by atoms with van der Waals surface area (Å²) in [6.45, 7) is 9.39. The Morgan fingerprint density at radius 1 is 1.32 bits per heavy atom. The van der Waals surface area contributed by atoms with Crippen molar-refractivity contribution in [1.29, 1.82) is 0 Å². The number of hydrogen-bond donors (Lipinski definition) is 0. The molecule has 4 nitrogen and oxygen atoms in total. The Labute approximate surface area is 113 Å². The summed E-state index contributed by atoms with van der Waals surface area (Å²) in [5.41, 5.74) is 0.205. The monoisotopic (exact) mass is 264 g/mol. The van der Waals surface area contributed by atoms with Crippen LogP contribution in [-0.4, -0.2) is 17.4 Å². The predicted octanol–water partition coefficient (Wildman–Crippen LogP) is 3.71. The van der Waals surface area contributed by atoms with E-state index in [-0.39, 0.29) is 5.60 Å². The smallest absolute Gasteiger partial charge is 0.483 e. The number of fused-ring (bicyclic) bond motifs is 1. The lowest BCUT2D eigenvalue weighted by atomic mass is 10.0. The number of hydrogen-bond acceptors (Lipinski definition) is 4. The van der Waals surface area contributed by atoms with E-state index in [2.05, 4.69) is 0 Å². The molecule has 0 spiro atoms. The third-order valence-corrected chi connectivity index (χ3v) is 2.64. The number of carbonyl (C=O) groups is 1. The van der Waals surface area contributed by atoms with Gasteiger partial charge in [-0.1, -0.05) is 12.1 Å². The normalized spacial score (nSPS) is 16.5. The average molecular weight is 264 g/mol. The van der Waals surface area contributed by atoms with E-state index in [1.165, 1.54) is 0 Å². The maximum Gasteiger partial charge on any atom is 0.514 e. The molecule has 1 aromatic rings. The van der Waals surface area contributed by atoms with Crippen molar-refractivity contribution in [3.63, 3.8) is 0 Å². The molecule has 2 rings (SSSR count). The quantitative estimate of drug-likeness (QED) is 0.573. The molecule has 1 heterocycles. The second-order valence-electron chi connectivity index (χ2n) is 6.35. The zero-order valence-electron chi connectivity index (χ0n) is 12.1. The van der Waals surface area contributed by atoms with Crippen molar-refractivity contribution in [2.75, 3.05) is 0 Å². The molecule has 0 amide bonds. The van der Waals surface area contributed by atoms with Crippen molar-refractivity contribution in [3.8, 4) is 11.5 Å². The van der Waals surface area contributed by atoms with E-state index in [4.69, 9.17) is 14.2 Å². The van der Waals surface area contributed by atoms with Crippen LogP contribution >= 0.6 is 0 Å². The Kier molecular flexibility index (Phi) is 3.20. The molecule has 1 aliphatic rings. The molecule has 0 fully saturated rings. The highest BCUT2D eigenvalue weighted by atomic mass is 16.7. The minimum Gasteiger partial charge on any atom is -0.483 e. The Balaban J connectivity index is 2.16. The largest absolute Gasteiger partial charge is 0.514 e. The van der Waals surface area contributed by atoms with Crippen LogP contribution in [0, 0.1) is 0 Å². The van der Waals surface area contributed by atoms with E-state index in [9.17, 15) is 4.79 Å². The summed E-state index contributed by atoms with van der Waals surface area (Å²) in [6, 6.07) is 5.54. The van der Waals surface area contributed by atoms with Crippen molar-refractivity contribution in [3.05, 3.63) is 23.8 Å². The molecular weight excluding hydrogens is 244 g/mol. The average Bonchev–Trinajstić information content (AvgIpc) is 2.50. The van der Waals surface area contributed by atoms with Gasteiger partial charge in [0, 0.05) is 12.0 Å². The van der Waals surface area contributed by atoms with Crippen molar-refractivity contribution in [2.24, 2.45) is 0 Å². The second kappa shape index (κ2) is 4.44. The fourth-order valence-electron chi connectivity index (χ4n) is 2.03. The number of carbonyl (C=O) groups excluding carboxylic acids is 1. The molecule has 0 atom stereocenters. The van der Waals surface area contributed by atoms with Gasteiger partial charge in [-0.05, 0) is 40.7 Å². The summed E-state index contributed by atoms with van der Waals surface area (Å²) in [4.78, 5) is 11.7. The molecule has 1 aliphatic heterocycles. The molecule has 0 bridgehead atoms. The fourth-order valence-corrected chi connectivity index (χ4v) is 2.03. The fraction of sp³-hybridized carbons (Fsp3) is 0.533. The molecule has 0 radical (unpaired) electrons. The molecule has 0 saturated heterocycles. The Hall–Kier alpha value is -1.71. The van der Waals surface area contributed by atoms with Crippen LogP contribution in [-0.2, 0) is 11.2 Å². The zero-order valence-corrected chi connectivity index (χ0v) is 12.1. The number of rotatable bonds is 1. The first-order chi connectivity index (χ1) is 8.66. The van der Waals surface area contributed by atoms with Crippen LogP contribution in [0.4, 0.5) is 4.79 Å². The highest BCUT2D eigenvalue weighted by Crippen LogP contribution is 2.41.